The van der Waals surface area contributed by atoms with E-state index in [1.165, 1.54) is 25.9 Å². The maximum Gasteiger partial charge on any atom is 0.00670 e. The van der Waals surface area contributed by atoms with E-state index in [1.54, 1.807) is 0 Å². The van der Waals surface area contributed by atoms with Gasteiger partial charge in [-0.05, 0) is 38.1 Å². The molecule has 0 aromatic rings. The zero-order valence-electron chi connectivity index (χ0n) is 9.01. The van der Waals surface area contributed by atoms with Crippen molar-refractivity contribution in [3.05, 3.63) is 0 Å². The topological polar surface area (TPSA) is 3.24 Å². The van der Waals surface area contributed by atoms with Gasteiger partial charge in [0.2, 0.25) is 0 Å². The lowest BCUT2D eigenvalue weighted by Gasteiger charge is -2.38. The molecule has 1 nitrogen and oxygen atoms in total. The van der Waals surface area contributed by atoms with Crippen LogP contribution < -0.4 is 0 Å². The van der Waals surface area contributed by atoms with Crippen molar-refractivity contribution in [2.75, 3.05) is 13.1 Å². The fourth-order valence-electron chi connectivity index (χ4n) is 2.20. The van der Waals surface area contributed by atoms with Gasteiger partial charge in [0.05, 0.1) is 0 Å². The van der Waals surface area contributed by atoms with Crippen LogP contribution in [0.5, 0.6) is 0 Å². The van der Waals surface area contributed by atoms with Crippen LogP contribution in [0.2, 0.25) is 0 Å². The Kier molecular flexibility index (Phi) is 3.57. The smallest absolute Gasteiger partial charge is 0.00670 e. The van der Waals surface area contributed by atoms with Crippen molar-refractivity contribution in [2.45, 2.75) is 46.6 Å². The van der Waals surface area contributed by atoms with Gasteiger partial charge in [-0.15, -0.1) is 0 Å². The van der Waals surface area contributed by atoms with Crippen LogP contribution in [-0.2, 0) is 0 Å². The van der Waals surface area contributed by atoms with E-state index in [1.807, 2.05) is 0 Å². The predicted octanol–water partition coefficient (Wildman–Crippen LogP) is 2.76. The summed E-state index contributed by atoms with van der Waals surface area (Å²) >= 11 is 0. The summed E-state index contributed by atoms with van der Waals surface area (Å²) in [6.07, 6.45) is 2.84. The number of hydrogen-bond donors (Lipinski definition) is 0. The fraction of sp³-hybridized carbons (Fsp3) is 1.00. The quantitative estimate of drug-likeness (QED) is 0.614. The number of nitrogens with zero attached hydrogens (tertiary/aromatic N) is 1. The van der Waals surface area contributed by atoms with Crippen molar-refractivity contribution in [1.29, 1.82) is 0 Å². The van der Waals surface area contributed by atoms with Crippen LogP contribution in [0.25, 0.3) is 0 Å². The molecule has 1 fully saturated rings. The molecule has 0 spiro atoms. The van der Waals surface area contributed by atoms with Crippen molar-refractivity contribution < 1.29 is 0 Å². The minimum Gasteiger partial charge on any atom is -0.301 e. The van der Waals surface area contributed by atoms with Crippen molar-refractivity contribution >= 4 is 0 Å². The first-order chi connectivity index (χ1) is 5.65. The van der Waals surface area contributed by atoms with Gasteiger partial charge in [-0.3, -0.25) is 0 Å². The second-order valence-electron chi connectivity index (χ2n) is 4.52. The van der Waals surface area contributed by atoms with Gasteiger partial charge in [0, 0.05) is 12.6 Å². The Morgan fingerprint density at radius 1 is 1.33 bits per heavy atom. The van der Waals surface area contributed by atoms with Crippen LogP contribution in [0.4, 0.5) is 0 Å². The Labute approximate surface area is 77.1 Å². The first-order valence-corrected chi connectivity index (χ1v) is 5.39. The van der Waals surface area contributed by atoms with Gasteiger partial charge >= 0.3 is 0 Å². The lowest BCUT2D eigenvalue weighted by Crippen LogP contribution is -2.42. The molecule has 0 aliphatic carbocycles. The summed E-state index contributed by atoms with van der Waals surface area (Å²) in [6.45, 7) is 11.9. The second kappa shape index (κ2) is 4.27. The highest BCUT2D eigenvalue weighted by molar-refractivity contribution is 4.79. The molecule has 2 atom stereocenters. The molecule has 72 valence electrons. The summed E-state index contributed by atoms with van der Waals surface area (Å²) < 4.78 is 0. The van der Waals surface area contributed by atoms with Crippen molar-refractivity contribution in [2.24, 2.45) is 11.8 Å². The Hall–Kier alpha value is -0.0400. The van der Waals surface area contributed by atoms with E-state index < -0.39 is 0 Å². The Bertz CT molecular complexity index is 131. The van der Waals surface area contributed by atoms with Gasteiger partial charge in [-0.2, -0.15) is 0 Å². The van der Waals surface area contributed by atoms with E-state index in [-0.39, 0.29) is 0 Å². The van der Waals surface area contributed by atoms with E-state index in [4.69, 9.17) is 0 Å². The van der Waals surface area contributed by atoms with Crippen LogP contribution in [0, 0.1) is 11.8 Å². The average molecular weight is 169 g/mol. The molecule has 0 amide bonds. The minimum absolute atomic E-state index is 0.824. The van der Waals surface area contributed by atoms with Crippen LogP contribution in [-0.4, -0.2) is 24.0 Å². The largest absolute Gasteiger partial charge is 0.301 e. The molecule has 0 radical (unpaired) electrons. The molecule has 1 aliphatic rings. The van der Waals surface area contributed by atoms with E-state index in [2.05, 4.69) is 32.6 Å². The molecule has 1 rings (SSSR count). The van der Waals surface area contributed by atoms with Crippen molar-refractivity contribution in [3.63, 3.8) is 0 Å². The molecule has 1 heteroatoms. The third-order valence-electron chi connectivity index (χ3n) is 3.40. The minimum atomic E-state index is 0.824. The molecule has 2 unspecified atom stereocenters. The normalized spacial score (nSPS) is 32.8. The molecule has 1 saturated heterocycles. The molecule has 1 aliphatic heterocycles. The summed E-state index contributed by atoms with van der Waals surface area (Å²) in [5, 5.41) is 0. The van der Waals surface area contributed by atoms with Gasteiger partial charge in [-0.1, -0.05) is 20.8 Å². The van der Waals surface area contributed by atoms with E-state index in [0.29, 0.717) is 0 Å². The molecular weight excluding hydrogens is 146 g/mol. The van der Waals surface area contributed by atoms with Crippen molar-refractivity contribution in [1.82, 2.24) is 4.90 Å². The monoisotopic (exact) mass is 169 g/mol. The van der Waals surface area contributed by atoms with Crippen LogP contribution in [0.15, 0.2) is 0 Å². The summed E-state index contributed by atoms with van der Waals surface area (Å²) in [6, 6.07) is 0.824. The number of piperidine rings is 1. The highest BCUT2D eigenvalue weighted by Crippen LogP contribution is 2.26. The first-order valence-electron chi connectivity index (χ1n) is 5.39. The fourth-order valence-corrected chi connectivity index (χ4v) is 2.20. The molecule has 0 aromatic heterocycles. The number of rotatable bonds is 2. The van der Waals surface area contributed by atoms with E-state index >= 15 is 0 Å². The highest BCUT2D eigenvalue weighted by atomic mass is 15.2. The van der Waals surface area contributed by atoms with Crippen LogP contribution in [0.1, 0.15) is 40.5 Å². The summed E-state index contributed by atoms with van der Waals surface area (Å²) in [7, 11) is 0. The highest BCUT2D eigenvalue weighted by Gasteiger charge is 2.25. The molecular formula is C11H23N. The van der Waals surface area contributed by atoms with Gasteiger partial charge in [0.1, 0.15) is 0 Å². The van der Waals surface area contributed by atoms with Gasteiger partial charge in [0.15, 0.2) is 0 Å². The van der Waals surface area contributed by atoms with Crippen molar-refractivity contribution in [3.8, 4) is 0 Å². The number of hydrogen-bond acceptors (Lipinski definition) is 1. The first kappa shape index (κ1) is 10.0. The summed E-state index contributed by atoms with van der Waals surface area (Å²) in [4.78, 5) is 2.62. The van der Waals surface area contributed by atoms with E-state index in [0.717, 1.165) is 17.9 Å². The summed E-state index contributed by atoms with van der Waals surface area (Å²) in [5.41, 5.74) is 0. The lowest BCUT2D eigenvalue weighted by molar-refractivity contribution is 0.102. The SMILES string of the molecule is CCN1CC(C(C)C)CCC1C. The Balaban J connectivity index is 2.44. The molecule has 0 aromatic carbocycles. The summed E-state index contributed by atoms with van der Waals surface area (Å²) in [5.74, 6) is 1.81. The molecule has 0 saturated carbocycles. The third-order valence-corrected chi connectivity index (χ3v) is 3.40. The number of likely N-dealkylation sites (tertiary alicyclic amines) is 1. The standard InChI is InChI=1S/C11H23N/c1-5-12-8-11(9(2)3)7-6-10(12)4/h9-11H,5-8H2,1-4H3. The van der Waals surface area contributed by atoms with Gasteiger partial charge in [-0.25, -0.2) is 0 Å². The predicted molar refractivity (Wildman–Crippen MR) is 54.3 cm³/mol. The van der Waals surface area contributed by atoms with Crippen LogP contribution in [0.3, 0.4) is 0 Å². The molecule has 0 N–H and O–H groups in total. The lowest BCUT2D eigenvalue weighted by atomic mass is 9.85. The van der Waals surface area contributed by atoms with Crippen LogP contribution >= 0.6 is 0 Å². The maximum absolute atomic E-state index is 2.62. The van der Waals surface area contributed by atoms with Gasteiger partial charge < -0.3 is 4.90 Å². The average Bonchev–Trinajstić information content (AvgIpc) is 2.05. The zero-order valence-corrected chi connectivity index (χ0v) is 9.01. The second-order valence-corrected chi connectivity index (χ2v) is 4.52. The molecule has 0 bridgehead atoms. The van der Waals surface area contributed by atoms with Gasteiger partial charge in [0.25, 0.3) is 0 Å². The zero-order chi connectivity index (χ0) is 9.14. The maximum atomic E-state index is 2.62. The van der Waals surface area contributed by atoms with E-state index in [9.17, 15) is 0 Å². The molecule has 1 heterocycles. The Morgan fingerprint density at radius 3 is 2.50 bits per heavy atom. The third kappa shape index (κ3) is 2.22. The molecule has 12 heavy (non-hydrogen) atoms. The Morgan fingerprint density at radius 2 is 2.00 bits per heavy atom.